The van der Waals surface area contributed by atoms with Crippen LogP contribution in [0.15, 0.2) is 83.1 Å². The minimum Gasteiger partial charge on any atom is -0.280 e. The molecule has 0 radical (unpaired) electrons. The average molecular weight is 388 g/mol. The first-order valence-corrected chi connectivity index (χ1v) is 9.46. The molecule has 0 aliphatic heterocycles. The first kappa shape index (κ1) is 18.0. The van der Waals surface area contributed by atoms with E-state index in [1.165, 1.54) is 24.3 Å². The molecule has 26 heavy (non-hydrogen) atoms. The van der Waals surface area contributed by atoms with Gasteiger partial charge in [-0.25, -0.2) is 8.42 Å². The van der Waals surface area contributed by atoms with Gasteiger partial charge in [-0.2, -0.15) is 0 Å². The van der Waals surface area contributed by atoms with Gasteiger partial charge in [-0.1, -0.05) is 35.0 Å². The number of nitroso groups, excluding NO2 is 1. The molecular weight excluding hydrogens is 374 g/mol. The van der Waals surface area contributed by atoms with Crippen molar-refractivity contribution in [3.63, 3.8) is 0 Å². The molecule has 1 aromatic heterocycles. The van der Waals surface area contributed by atoms with E-state index < -0.39 is 16.1 Å². The third kappa shape index (κ3) is 4.07. The lowest BCUT2D eigenvalue weighted by molar-refractivity contribution is 0.601. The Morgan fingerprint density at radius 2 is 1.73 bits per heavy atom. The lowest BCUT2D eigenvalue weighted by atomic mass is 10.0. The maximum Gasteiger partial charge on any atom is 0.261 e. The van der Waals surface area contributed by atoms with Crippen LogP contribution in [-0.2, 0) is 10.0 Å². The number of hydrogen-bond acceptors (Lipinski definition) is 5. The summed E-state index contributed by atoms with van der Waals surface area (Å²) in [6, 6.07) is 15.0. The fraction of sp³-hybridized carbons (Fsp3) is 0.0556. The van der Waals surface area contributed by atoms with Gasteiger partial charge in [0.15, 0.2) is 0 Å². The summed E-state index contributed by atoms with van der Waals surface area (Å²) in [4.78, 5) is 15.4. The zero-order chi connectivity index (χ0) is 18.6. The predicted octanol–water partition coefficient (Wildman–Crippen LogP) is 4.39. The standard InChI is InChI=1S/C18H14ClN3O3S/c19-15-6-8-17(9-7-15)26(24,25)22-16-5-1-3-13(11-16)18(21-23)14-4-2-10-20-12-14/h1-12,18,22H. The van der Waals surface area contributed by atoms with Crippen LogP contribution >= 0.6 is 11.6 Å². The van der Waals surface area contributed by atoms with Crippen molar-refractivity contribution in [2.24, 2.45) is 5.18 Å². The molecule has 8 heteroatoms. The summed E-state index contributed by atoms with van der Waals surface area (Å²) in [6.45, 7) is 0. The highest BCUT2D eigenvalue weighted by atomic mass is 35.5. The number of nitrogens with one attached hydrogen (secondary N) is 1. The molecule has 3 aromatic rings. The van der Waals surface area contributed by atoms with E-state index >= 15 is 0 Å². The normalized spacial score (nSPS) is 12.3. The molecule has 0 aliphatic carbocycles. The molecule has 6 nitrogen and oxygen atoms in total. The van der Waals surface area contributed by atoms with Gasteiger partial charge in [0.2, 0.25) is 0 Å². The van der Waals surface area contributed by atoms with Crippen LogP contribution < -0.4 is 4.72 Å². The monoisotopic (exact) mass is 387 g/mol. The largest absolute Gasteiger partial charge is 0.280 e. The summed E-state index contributed by atoms with van der Waals surface area (Å²) in [5.41, 5.74) is 1.51. The molecule has 0 spiro atoms. The summed E-state index contributed by atoms with van der Waals surface area (Å²) in [6.07, 6.45) is 3.15. The maximum atomic E-state index is 12.5. The average Bonchev–Trinajstić information content (AvgIpc) is 2.64. The molecule has 3 rings (SSSR count). The highest BCUT2D eigenvalue weighted by molar-refractivity contribution is 7.92. The Balaban J connectivity index is 1.89. The van der Waals surface area contributed by atoms with Crippen molar-refractivity contribution in [1.29, 1.82) is 0 Å². The summed E-state index contributed by atoms with van der Waals surface area (Å²) in [5.74, 6) is 0. The van der Waals surface area contributed by atoms with Crippen LogP contribution in [0.4, 0.5) is 5.69 Å². The van der Waals surface area contributed by atoms with Gasteiger partial charge in [-0.3, -0.25) is 9.71 Å². The van der Waals surface area contributed by atoms with Crippen molar-refractivity contribution in [3.8, 4) is 0 Å². The molecule has 0 bridgehead atoms. The molecule has 0 aliphatic rings. The molecule has 2 aromatic carbocycles. The Bertz CT molecular complexity index is 1010. The Morgan fingerprint density at radius 3 is 2.38 bits per heavy atom. The number of aromatic nitrogens is 1. The van der Waals surface area contributed by atoms with Gasteiger partial charge < -0.3 is 0 Å². The van der Waals surface area contributed by atoms with Crippen LogP contribution in [0.25, 0.3) is 0 Å². The lowest BCUT2D eigenvalue weighted by Crippen LogP contribution is -2.13. The number of pyridine rings is 1. The van der Waals surface area contributed by atoms with Crippen LogP contribution in [0.3, 0.4) is 0 Å². The van der Waals surface area contributed by atoms with E-state index in [-0.39, 0.29) is 4.90 Å². The molecule has 1 N–H and O–H groups in total. The fourth-order valence-electron chi connectivity index (χ4n) is 2.45. The van der Waals surface area contributed by atoms with Crippen LogP contribution in [-0.4, -0.2) is 13.4 Å². The maximum absolute atomic E-state index is 12.5. The van der Waals surface area contributed by atoms with Gasteiger partial charge in [0.1, 0.15) is 6.04 Å². The van der Waals surface area contributed by atoms with E-state index in [9.17, 15) is 13.3 Å². The predicted molar refractivity (Wildman–Crippen MR) is 101 cm³/mol. The number of rotatable bonds is 6. The second-order valence-electron chi connectivity index (χ2n) is 5.48. The van der Waals surface area contributed by atoms with Crippen molar-refractivity contribution in [1.82, 2.24) is 4.98 Å². The zero-order valence-corrected chi connectivity index (χ0v) is 15.0. The van der Waals surface area contributed by atoms with Gasteiger partial charge >= 0.3 is 0 Å². The van der Waals surface area contributed by atoms with Gasteiger partial charge in [-0.15, -0.1) is 4.91 Å². The van der Waals surface area contributed by atoms with Gasteiger partial charge in [0.25, 0.3) is 10.0 Å². The third-order valence-corrected chi connectivity index (χ3v) is 5.33. The van der Waals surface area contributed by atoms with E-state index in [1.807, 2.05) is 0 Å². The van der Waals surface area contributed by atoms with E-state index in [1.54, 1.807) is 48.8 Å². The first-order chi connectivity index (χ1) is 12.5. The van der Waals surface area contributed by atoms with E-state index in [4.69, 9.17) is 11.6 Å². The minimum atomic E-state index is -3.77. The SMILES string of the molecule is O=NC(c1cccnc1)c1cccc(NS(=O)(=O)c2ccc(Cl)cc2)c1. The summed E-state index contributed by atoms with van der Waals surface area (Å²) in [7, 11) is -3.77. The van der Waals surface area contributed by atoms with Crippen molar-refractivity contribution in [2.45, 2.75) is 10.9 Å². The highest BCUT2D eigenvalue weighted by Gasteiger charge is 2.18. The number of sulfonamides is 1. The van der Waals surface area contributed by atoms with Crippen molar-refractivity contribution < 1.29 is 8.42 Å². The zero-order valence-electron chi connectivity index (χ0n) is 13.4. The van der Waals surface area contributed by atoms with Crippen LogP contribution in [0, 0.1) is 4.91 Å². The Labute approximate surface area is 155 Å². The van der Waals surface area contributed by atoms with Crippen molar-refractivity contribution in [3.05, 3.63) is 94.1 Å². The smallest absolute Gasteiger partial charge is 0.261 e. The molecule has 1 unspecified atom stereocenters. The molecule has 0 fully saturated rings. The van der Waals surface area contributed by atoms with Gasteiger partial charge in [-0.05, 0) is 48.0 Å². The minimum absolute atomic E-state index is 0.0876. The van der Waals surface area contributed by atoms with Gasteiger partial charge in [0.05, 0.1) is 4.90 Å². The van der Waals surface area contributed by atoms with Crippen LogP contribution in [0.2, 0.25) is 5.02 Å². The number of hydrogen-bond donors (Lipinski definition) is 1. The first-order valence-electron chi connectivity index (χ1n) is 7.60. The Morgan fingerprint density at radius 1 is 1.00 bits per heavy atom. The molecular formula is C18H14ClN3O3S. The fourth-order valence-corrected chi connectivity index (χ4v) is 3.63. The summed E-state index contributed by atoms with van der Waals surface area (Å²) in [5, 5.41) is 3.60. The molecule has 0 saturated heterocycles. The Kier molecular flexibility index (Phi) is 5.29. The molecule has 1 heterocycles. The summed E-state index contributed by atoms with van der Waals surface area (Å²) < 4.78 is 27.5. The number of halogens is 1. The van der Waals surface area contributed by atoms with Crippen LogP contribution in [0.1, 0.15) is 17.2 Å². The topological polar surface area (TPSA) is 88.5 Å². The number of benzene rings is 2. The lowest BCUT2D eigenvalue weighted by Gasteiger charge is -2.13. The molecule has 132 valence electrons. The highest BCUT2D eigenvalue weighted by Crippen LogP contribution is 2.28. The van der Waals surface area contributed by atoms with Crippen LogP contribution in [0.5, 0.6) is 0 Å². The number of nitrogens with zero attached hydrogens (tertiary/aromatic N) is 2. The third-order valence-electron chi connectivity index (χ3n) is 3.68. The van der Waals surface area contributed by atoms with E-state index in [0.29, 0.717) is 21.8 Å². The van der Waals surface area contributed by atoms with Crippen molar-refractivity contribution >= 4 is 27.3 Å². The molecule has 0 amide bonds. The second-order valence-corrected chi connectivity index (χ2v) is 7.60. The Hall–Kier alpha value is -2.77. The van der Waals surface area contributed by atoms with E-state index in [0.717, 1.165) is 0 Å². The molecule has 0 saturated carbocycles. The summed E-state index contributed by atoms with van der Waals surface area (Å²) >= 11 is 5.79. The number of anilines is 1. The quantitative estimate of drug-likeness (QED) is 0.635. The molecule has 1 atom stereocenters. The van der Waals surface area contributed by atoms with Crippen molar-refractivity contribution in [2.75, 3.05) is 4.72 Å². The van der Waals surface area contributed by atoms with E-state index in [2.05, 4.69) is 14.9 Å². The van der Waals surface area contributed by atoms with Gasteiger partial charge in [0, 0.05) is 28.7 Å². The second kappa shape index (κ2) is 7.63.